The van der Waals surface area contributed by atoms with E-state index in [1.165, 1.54) is 4.90 Å². The summed E-state index contributed by atoms with van der Waals surface area (Å²) < 4.78 is 24.5. The normalized spacial score (nSPS) is 30.4. The molecule has 2 saturated heterocycles. The molecule has 2 atom stereocenters. The van der Waals surface area contributed by atoms with Crippen LogP contribution in [-0.4, -0.2) is 66.0 Å². The van der Waals surface area contributed by atoms with Crippen molar-refractivity contribution in [2.24, 2.45) is 5.92 Å². The molecular formula is C12H20N2O5S. The van der Waals surface area contributed by atoms with Gasteiger partial charge in [-0.2, -0.15) is 4.31 Å². The molecule has 2 aliphatic rings. The van der Waals surface area contributed by atoms with Crippen LogP contribution in [0.15, 0.2) is 0 Å². The summed E-state index contributed by atoms with van der Waals surface area (Å²) in [7, 11) is -3.33. The van der Waals surface area contributed by atoms with Gasteiger partial charge >= 0.3 is 5.97 Å². The number of rotatable bonds is 3. The van der Waals surface area contributed by atoms with Gasteiger partial charge in [0.2, 0.25) is 15.9 Å². The second kappa shape index (κ2) is 5.69. The van der Waals surface area contributed by atoms with Crippen molar-refractivity contribution in [1.29, 1.82) is 0 Å². The van der Waals surface area contributed by atoms with Gasteiger partial charge < -0.3 is 10.0 Å². The number of carbonyl (C=O) groups is 2. The lowest BCUT2D eigenvalue weighted by molar-refractivity contribution is -0.153. The van der Waals surface area contributed by atoms with Crippen LogP contribution in [0.3, 0.4) is 0 Å². The van der Waals surface area contributed by atoms with Crippen LogP contribution >= 0.6 is 0 Å². The molecule has 2 heterocycles. The summed E-state index contributed by atoms with van der Waals surface area (Å²) in [5, 5.41) is 9.21. The fourth-order valence-electron chi connectivity index (χ4n) is 2.78. The zero-order chi connectivity index (χ0) is 14.9. The first kappa shape index (κ1) is 15.2. The number of carboxylic acids is 1. The molecule has 0 aliphatic carbocycles. The van der Waals surface area contributed by atoms with E-state index in [-0.39, 0.29) is 18.2 Å². The van der Waals surface area contributed by atoms with Gasteiger partial charge in [-0.1, -0.05) is 6.92 Å². The first-order valence-corrected chi connectivity index (χ1v) is 8.42. The van der Waals surface area contributed by atoms with E-state index in [1.807, 2.05) is 6.92 Å². The molecule has 20 heavy (non-hydrogen) atoms. The molecule has 2 unspecified atom stereocenters. The summed E-state index contributed by atoms with van der Waals surface area (Å²) in [5.41, 5.74) is 0. The Morgan fingerprint density at radius 3 is 2.55 bits per heavy atom. The van der Waals surface area contributed by atoms with Crippen LogP contribution in [0.5, 0.6) is 0 Å². The molecule has 0 radical (unpaired) electrons. The fourth-order valence-corrected chi connectivity index (χ4v) is 4.25. The van der Waals surface area contributed by atoms with E-state index in [9.17, 15) is 23.1 Å². The van der Waals surface area contributed by atoms with Crippen LogP contribution < -0.4 is 0 Å². The van der Waals surface area contributed by atoms with Crippen LogP contribution in [0, 0.1) is 5.92 Å². The van der Waals surface area contributed by atoms with Crippen LogP contribution in [0.1, 0.15) is 26.2 Å². The lowest BCUT2D eigenvalue weighted by Gasteiger charge is -2.36. The minimum absolute atomic E-state index is 0.0691. The average molecular weight is 304 g/mol. The fraction of sp³-hybridized carbons (Fsp3) is 0.833. The van der Waals surface area contributed by atoms with Gasteiger partial charge in [0.1, 0.15) is 6.04 Å². The predicted octanol–water partition coefficient (Wildman–Crippen LogP) is -0.266. The van der Waals surface area contributed by atoms with E-state index in [2.05, 4.69) is 0 Å². The average Bonchev–Trinajstić information content (AvgIpc) is 2.68. The second-order valence-electron chi connectivity index (χ2n) is 5.57. The molecule has 1 amide bonds. The minimum atomic E-state index is -3.33. The van der Waals surface area contributed by atoms with Crippen LogP contribution in [0.2, 0.25) is 0 Å². The van der Waals surface area contributed by atoms with Crippen molar-refractivity contribution in [1.82, 2.24) is 9.21 Å². The Morgan fingerprint density at radius 1 is 1.30 bits per heavy atom. The summed E-state index contributed by atoms with van der Waals surface area (Å²) in [4.78, 5) is 24.8. The third-order valence-electron chi connectivity index (χ3n) is 3.98. The van der Waals surface area contributed by atoms with Gasteiger partial charge in [-0.3, -0.25) is 4.79 Å². The summed E-state index contributed by atoms with van der Waals surface area (Å²) in [6.07, 6.45) is 1.70. The summed E-state index contributed by atoms with van der Waals surface area (Å²) in [6.45, 7) is 2.45. The van der Waals surface area contributed by atoms with E-state index < -0.39 is 27.9 Å². The zero-order valence-corrected chi connectivity index (χ0v) is 12.3. The van der Waals surface area contributed by atoms with E-state index >= 15 is 0 Å². The summed E-state index contributed by atoms with van der Waals surface area (Å²) >= 11 is 0. The predicted molar refractivity (Wildman–Crippen MR) is 71.5 cm³/mol. The monoisotopic (exact) mass is 304 g/mol. The first-order chi connectivity index (χ1) is 9.31. The number of hydrogen-bond donors (Lipinski definition) is 1. The quantitative estimate of drug-likeness (QED) is 0.774. The number of aliphatic carboxylic acids is 1. The van der Waals surface area contributed by atoms with Crippen molar-refractivity contribution in [3.05, 3.63) is 0 Å². The number of piperidine rings is 1. The highest BCUT2D eigenvalue weighted by molar-refractivity contribution is 7.89. The SMILES string of the molecule is CC1CCN(C(=O)CN2CCCS2(=O)=O)C(C(=O)O)C1. The molecule has 2 fully saturated rings. The Bertz CT molecular complexity index is 504. The Kier molecular flexibility index (Phi) is 4.33. The largest absolute Gasteiger partial charge is 0.480 e. The molecule has 1 N–H and O–H groups in total. The number of hydrogen-bond acceptors (Lipinski definition) is 4. The highest BCUT2D eigenvalue weighted by Gasteiger charge is 2.37. The molecule has 2 rings (SSSR count). The molecule has 0 aromatic heterocycles. The Labute approximate surface area is 118 Å². The number of amides is 1. The van der Waals surface area contributed by atoms with Crippen molar-refractivity contribution in [3.63, 3.8) is 0 Å². The standard InChI is InChI=1S/C12H20N2O5S/c1-9-3-5-14(10(7-9)12(16)17)11(15)8-13-4-2-6-20(13,18)19/h9-10H,2-8H2,1H3,(H,16,17). The van der Waals surface area contributed by atoms with Crippen LogP contribution in [0.4, 0.5) is 0 Å². The van der Waals surface area contributed by atoms with Gasteiger partial charge in [-0.05, 0) is 25.2 Å². The molecule has 0 bridgehead atoms. The smallest absolute Gasteiger partial charge is 0.326 e. The topological polar surface area (TPSA) is 95.0 Å². The van der Waals surface area contributed by atoms with Gasteiger partial charge in [0.05, 0.1) is 12.3 Å². The molecule has 2 aliphatic heterocycles. The van der Waals surface area contributed by atoms with Crippen molar-refractivity contribution in [2.75, 3.05) is 25.4 Å². The molecule has 7 nitrogen and oxygen atoms in total. The van der Waals surface area contributed by atoms with Crippen LogP contribution in [0.25, 0.3) is 0 Å². The van der Waals surface area contributed by atoms with E-state index in [0.717, 1.165) is 10.7 Å². The second-order valence-corrected chi connectivity index (χ2v) is 7.66. The molecule has 8 heteroatoms. The van der Waals surface area contributed by atoms with E-state index in [1.54, 1.807) is 0 Å². The highest BCUT2D eigenvalue weighted by atomic mass is 32.2. The number of carbonyl (C=O) groups excluding carboxylic acids is 1. The van der Waals surface area contributed by atoms with Gasteiger partial charge in [-0.15, -0.1) is 0 Å². The molecular weight excluding hydrogens is 284 g/mol. The van der Waals surface area contributed by atoms with Gasteiger partial charge in [0.15, 0.2) is 0 Å². The van der Waals surface area contributed by atoms with Gasteiger partial charge in [0.25, 0.3) is 0 Å². The first-order valence-electron chi connectivity index (χ1n) is 6.81. The summed E-state index contributed by atoms with van der Waals surface area (Å²) in [5.74, 6) is -1.10. The van der Waals surface area contributed by atoms with Gasteiger partial charge in [0, 0.05) is 13.1 Å². The van der Waals surface area contributed by atoms with Crippen molar-refractivity contribution < 1.29 is 23.1 Å². The van der Waals surface area contributed by atoms with Crippen molar-refractivity contribution in [2.45, 2.75) is 32.2 Å². The van der Waals surface area contributed by atoms with Gasteiger partial charge in [-0.25, -0.2) is 13.2 Å². The lowest BCUT2D eigenvalue weighted by atomic mass is 9.92. The third kappa shape index (κ3) is 3.12. The number of nitrogens with zero attached hydrogens (tertiary/aromatic N) is 2. The van der Waals surface area contributed by atoms with Crippen molar-refractivity contribution in [3.8, 4) is 0 Å². The maximum Gasteiger partial charge on any atom is 0.326 e. The Hall–Kier alpha value is -1.15. The zero-order valence-electron chi connectivity index (χ0n) is 11.5. The number of likely N-dealkylation sites (tertiary alicyclic amines) is 1. The minimum Gasteiger partial charge on any atom is -0.480 e. The number of carboxylic acid groups (broad SMARTS) is 1. The molecule has 114 valence electrons. The maximum absolute atomic E-state index is 12.2. The maximum atomic E-state index is 12.2. The molecule has 0 saturated carbocycles. The third-order valence-corrected chi connectivity index (χ3v) is 5.89. The highest BCUT2D eigenvalue weighted by Crippen LogP contribution is 2.23. The molecule has 0 aromatic rings. The Morgan fingerprint density at radius 2 is 2.00 bits per heavy atom. The van der Waals surface area contributed by atoms with E-state index in [0.29, 0.717) is 25.9 Å². The summed E-state index contributed by atoms with van der Waals surface area (Å²) in [6, 6.07) is -0.837. The number of sulfonamides is 1. The molecule has 0 aromatic carbocycles. The molecule has 0 spiro atoms. The van der Waals surface area contributed by atoms with E-state index in [4.69, 9.17) is 0 Å². The lowest BCUT2D eigenvalue weighted by Crippen LogP contribution is -2.52. The van der Waals surface area contributed by atoms with Crippen LogP contribution in [-0.2, 0) is 19.6 Å². The van der Waals surface area contributed by atoms with Crippen molar-refractivity contribution >= 4 is 21.9 Å². The Balaban J connectivity index is 2.06.